The minimum absolute atomic E-state index is 0.0387. The van der Waals surface area contributed by atoms with Crippen LogP contribution in [0.3, 0.4) is 0 Å². The molecule has 1 heterocycles. The number of hydrogen-bond donors (Lipinski definition) is 2. The second-order valence-electron chi connectivity index (χ2n) is 5.71. The Labute approximate surface area is 131 Å². The van der Waals surface area contributed by atoms with Crippen LogP contribution < -0.4 is 10.5 Å². The summed E-state index contributed by atoms with van der Waals surface area (Å²) >= 11 is 5.98. The molecule has 21 heavy (non-hydrogen) atoms. The van der Waals surface area contributed by atoms with E-state index in [1.54, 1.807) is 12.1 Å². The normalized spacial score (nSPS) is 24.2. The summed E-state index contributed by atoms with van der Waals surface area (Å²) in [5.74, 6) is 0.278. The minimum atomic E-state index is -3.54. The SMILES string of the molecule is CC1CN(C)CCC1NS(=O)(=O)c1ccc(Cl)c(CN)c1. The Bertz CT molecular complexity index is 606. The first kappa shape index (κ1) is 16.7. The van der Waals surface area contributed by atoms with Crippen LogP contribution >= 0.6 is 11.6 Å². The lowest BCUT2D eigenvalue weighted by atomic mass is 9.95. The van der Waals surface area contributed by atoms with Crippen LogP contribution in [0.25, 0.3) is 0 Å². The van der Waals surface area contributed by atoms with Gasteiger partial charge in [0.2, 0.25) is 10.0 Å². The summed E-state index contributed by atoms with van der Waals surface area (Å²) in [5, 5.41) is 0.490. The lowest BCUT2D eigenvalue weighted by molar-refractivity contribution is 0.188. The maximum atomic E-state index is 12.5. The summed E-state index contributed by atoms with van der Waals surface area (Å²) in [6.45, 7) is 4.07. The topological polar surface area (TPSA) is 75.4 Å². The van der Waals surface area contributed by atoms with Crippen LogP contribution in [-0.4, -0.2) is 39.5 Å². The summed E-state index contributed by atoms with van der Waals surface area (Å²) in [4.78, 5) is 2.43. The van der Waals surface area contributed by atoms with Crippen molar-refractivity contribution in [3.63, 3.8) is 0 Å². The van der Waals surface area contributed by atoms with Crippen molar-refractivity contribution in [3.8, 4) is 0 Å². The van der Waals surface area contributed by atoms with Crippen molar-refractivity contribution < 1.29 is 8.42 Å². The van der Waals surface area contributed by atoms with Crippen LogP contribution in [0.2, 0.25) is 5.02 Å². The Morgan fingerprint density at radius 1 is 1.48 bits per heavy atom. The van der Waals surface area contributed by atoms with E-state index in [1.165, 1.54) is 6.07 Å². The van der Waals surface area contributed by atoms with E-state index in [-0.39, 0.29) is 23.4 Å². The van der Waals surface area contributed by atoms with Crippen molar-refractivity contribution in [2.75, 3.05) is 20.1 Å². The predicted molar refractivity (Wildman–Crippen MR) is 84.7 cm³/mol. The maximum absolute atomic E-state index is 12.5. The Morgan fingerprint density at radius 2 is 2.19 bits per heavy atom. The fourth-order valence-corrected chi connectivity index (χ4v) is 4.30. The van der Waals surface area contributed by atoms with E-state index in [0.29, 0.717) is 10.6 Å². The molecule has 0 bridgehead atoms. The fraction of sp³-hybridized carbons (Fsp3) is 0.571. The number of nitrogens with two attached hydrogens (primary N) is 1. The smallest absolute Gasteiger partial charge is 0.240 e. The first-order chi connectivity index (χ1) is 9.83. The van der Waals surface area contributed by atoms with Gasteiger partial charge in [0.05, 0.1) is 4.90 Å². The third-order valence-electron chi connectivity index (χ3n) is 3.96. The molecule has 1 fully saturated rings. The van der Waals surface area contributed by atoms with Crippen LogP contribution in [-0.2, 0) is 16.6 Å². The van der Waals surface area contributed by atoms with E-state index < -0.39 is 10.0 Å². The zero-order chi connectivity index (χ0) is 15.6. The number of nitrogens with zero attached hydrogens (tertiary/aromatic N) is 1. The Hall–Kier alpha value is -0.660. The lowest BCUT2D eigenvalue weighted by Crippen LogP contribution is -2.48. The van der Waals surface area contributed by atoms with Crippen molar-refractivity contribution in [2.45, 2.75) is 30.8 Å². The molecular weight excluding hydrogens is 310 g/mol. The zero-order valence-corrected chi connectivity index (χ0v) is 13.9. The van der Waals surface area contributed by atoms with Gasteiger partial charge in [0.25, 0.3) is 0 Å². The molecule has 1 aliphatic rings. The molecule has 0 saturated carbocycles. The third-order valence-corrected chi connectivity index (χ3v) is 5.82. The number of likely N-dealkylation sites (tertiary alicyclic amines) is 1. The van der Waals surface area contributed by atoms with Crippen molar-refractivity contribution in [3.05, 3.63) is 28.8 Å². The van der Waals surface area contributed by atoms with Gasteiger partial charge in [-0.15, -0.1) is 0 Å². The quantitative estimate of drug-likeness (QED) is 0.875. The monoisotopic (exact) mass is 331 g/mol. The average molecular weight is 332 g/mol. The van der Waals surface area contributed by atoms with Gasteiger partial charge in [-0.1, -0.05) is 18.5 Å². The van der Waals surface area contributed by atoms with Crippen molar-refractivity contribution in [1.82, 2.24) is 9.62 Å². The molecule has 118 valence electrons. The maximum Gasteiger partial charge on any atom is 0.240 e. The summed E-state index contributed by atoms with van der Waals surface area (Å²) in [5.41, 5.74) is 6.21. The molecule has 2 unspecified atom stereocenters. The van der Waals surface area contributed by atoms with E-state index in [4.69, 9.17) is 17.3 Å². The number of halogens is 1. The van der Waals surface area contributed by atoms with E-state index >= 15 is 0 Å². The van der Waals surface area contributed by atoms with Gasteiger partial charge in [0, 0.05) is 24.2 Å². The highest BCUT2D eigenvalue weighted by atomic mass is 35.5. The fourth-order valence-electron chi connectivity index (χ4n) is 2.67. The first-order valence-corrected chi connectivity index (χ1v) is 8.89. The van der Waals surface area contributed by atoms with Gasteiger partial charge in [0.1, 0.15) is 0 Å². The molecule has 1 aromatic rings. The highest BCUT2D eigenvalue weighted by Gasteiger charge is 2.28. The molecule has 0 amide bonds. The molecule has 0 radical (unpaired) electrons. The number of benzene rings is 1. The molecule has 5 nitrogen and oxygen atoms in total. The Balaban J connectivity index is 2.18. The van der Waals surface area contributed by atoms with Gasteiger partial charge in [-0.2, -0.15) is 0 Å². The van der Waals surface area contributed by atoms with Crippen LogP contribution in [0.5, 0.6) is 0 Å². The van der Waals surface area contributed by atoms with Gasteiger partial charge < -0.3 is 10.6 Å². The predicted octanol–water partition coefficient (Wildman–Crippen LogP) is 1.42. The van der Waals surface area contributed by atoms with E-state index in [0.717, 1.165) is 19.5 Å². The average Bonchev–Trinajstić information content (AvgIpc) is 2.42. The Kier molecular flexibility index (Phi) is 5.27. The third kappa shape index (κ3) is 3.96. The number of piperidine rings is 1. The highest BCUT2D eigenvalue weighted by Crippen LogP contribution is 2.22. The van der Waals surface area contributed by atoms with Crippen molar-refractivity contribution in [2.24, 2.45) is 11.7 Å². The molecule has 1 aliphatic heterocycles. The minimum Gasteiger partial charge on any atom is -0.326 e. The molecular formula is C14H22ClN3O2S. The second-order valence-corrected chi connectivity index (χ2v) is 7.83. The number of nitrogens with one attached hydrogen (secondary N) is 1. The Morgan fingerprint density at radius 3 is 2.81 bits per heavy atom. The summed E-state index contributed by atoms with van der Waals surface area (Å²) in [7, 11) is -1.49. The summed E-state index contributed by atoms with van der Waals surface area (Å²) in [6, 6.07) is 4.60. The molecule has 2 rings (SSSR count). The van der Waals surface area contributed by atoms with Crippen LogP contribution in [0.1, 0.15) is 18.9 Å². The summed E-state index contributed by atoms with van der Waals surface area (Å²) < 4.78 is 27.8. The molecule has 7 heteroatoms. The lowest BCUT2D eigenvalue weighted by Gasteiger charge is -2.34. The van der Waals surface area contributed by atoms with Gasteiger partial charge in [0.15, 0.2) is 0 Å². The van der Waals surface area contributed by atoms with E-state index in [2.05, 4.69) is 16.5 Å². The zero-order valence-electron chi connectivity index (χ0n) is 12.3. The number of sulfonamides is 1. The molecule has 1 aromatic carbocycles. The van der Waals surface area contributed by atoms with Gasteiger partial charge in [-0.3, -0.25) is 0 Å². The molecule has 3 N–H and O–H groups in total. The van der Waals surface area contributed by atoms with Gasteiger partial charge in [-0.05, 0) is 49.7 Å². The molecule has 1 saturated heterocycles. The van der Waals surface area contributed by atoms with Gasteiger partial charge >= 0.3 is 0 Å². The standard InChI is InChI=1S/C14H22ClN3O2S/c1-10-9-18(2)6-5-14(10)17-21(19,20)12-3-4-13(15)11(7-12)8-16/h3-4,7,10,14,17H,5-6,8-9,16H2,1-2H3. The van der Waals surface area contributed by atoms with Crippen LogP contribution in [0.15, 0.2) is 23.1 Å². The van der Waals surface area contributed by atoms with E-state index in [9.17, 15) is 8.42 Å². The molecule has 0 aliphatic carbocycles. The molecule has 0 spiro atoms. The first-order valence-electron chi connectivity index (χ1n) is 7.03. The van der Waals surface area contributed by atoms with E-state index in [1.807, 2.05) is 7.05 Å². The molecule has 2 atom stereocenters. The van der Waals surface area contributed by atoms with Crippen molar-refractivity contribution in [1.29, 1.82) is 0 Å². The largest absolute Gasteiger partial charge is 0.326 e. The van der Waals surface area contributed by atoms with Crippen molar-refractivity contribution >= 4 is 21.6 Å². The van der Waals surface area contributed by atoms with Crippen LogP contribution in [0, 0.1) is 5.92 Å². The van der Waals surface area contributed by atoms with Crippen LogP contribution in [0.4, 0.5) is 0 Å². The second kappa shape index (κ2) is 6.62. The summed E-state index contributed by atoms with van der Waals surface area (Å²) in [6.07, 6.45) is 0.814. The number of rotatable bonds is 4. The van der Waals surface area contributed by atoms with Gasteiger partial charge in [-0.25, -0.2) is 13.1 Å². The molecule has 0 aromatic heterocycles. The highest BCUT2D eigenvalue weighted by molar-refractivity contribution is 7.89. The number of hydrogen-bond acceptors (Lipinski definition) is 4.